The third kappa shape index (κ3) is 5.82. The van der Waals surface area contributed by atoms with Crippen molar-refractivity contribution in [2.75, 3.05) is 40.5 Å². The number of nitrogens with one attached hydrogen (secondary N) is 2. The van der Waals surface area contributed by atoms with Gasteiger partial charge in [-0.05, 0) is 33.6 Å². The third-order valence-corrected chi connectivity index (χ3v) is 3.13. The Kier molecular flexibility index (Phi) is 8.00. The number of halogens is 1. The molecule has 5 heteroatoms. The van der Waals surface area contributed by atoms with E-state index in [4.69, 9.17) is 9.47 Å². The molecule has 0 radical (unpaired) electrons. The fourth-order valence-electron chi connectivity index (χ4n) is 1.53. The molecule has 0 aliphatic heterocycles. The molecule has 0 unspecified atom stereocenters. The largest absolute Gasteiger partial charge is 0.496 e. The van der Waals surface area contributed by atoms with Crippen LogP contribution in [0.15, 0.2) is 22.7 Å². The van der Waals surface area contributed by atoms with Gasteiger partial charge in [0.2, 0.25) is 0 Å². The fourth-order valence-corrected chi connectivity index (χ4v) is 2.12. The number of benzene rings is 1. The second-order valence-corrected chi connectivity index (χ2v) is 4.74. The van der Waals surface area contributed by atoms with Crippen molar-refractivity contribution in [1.82, 2.24) is 10.6 Å². The maximum atomic E-state index is 5.19. The van der Waals surface area contributed by atoms with Crippen LogP contribution in [0.25, 0.3) is 0 Å². The highest BCUT2D eigenvalue weighted by molar-refractivity contribution is 9.10. The summed E-state index contributed by atoms with van der Waals surface area (Å²) in [4.78, 5) is 0. The predicted octanol–water partition coefficient (Wildman–Crippen LogP) is 1.78. The molecule has 0 saturated carbocycles. The maximum Gasteiger partial charge on any atom is 0.133 e. The van der Waals surface area contributed by atoms with Crippen LogP contribution in [-0.4, -0.2) is 40.5 Å². The zero-order valence-corrected chi connectivity index (χ0v) is 12.5. The SMILES string of the molecule is COCCNCCNCc1ccc(OC)c(Br)c1. The molecule has 0 saturated heterocycles. The standard InChI is InChI=1S/C13H21BrN2O2/c1-17-8-7-15-5-6-16-10-11-3-4-13(18-2)12(14)9-11/h3-4,9,15-16H,5-8,10H2,1-2H3. The van der Waals surface area contributed by atoms with E-state index in [9.17, 15) is 0 Å². The van der Waals surface area contributed by atoms with E-state index in [2.05, 4.69) is 38.7 Å². The molecule has 1 rings (SSSR count). The number of hydrogen-bond acceptors (Lipinski definition) is 4. The summed E-state index contributed by atoms with van der Waals surface area (Å²) in [6, 6.07) is 6.11. The summed E-state index contributed by atoms with van der Waals surface area (Å²) in [6.45, 7) is 4.39. The van der Waals surface area contributed by atoms with Crippen molar-refractivity contribution >= 4 is 15.9 Å². The van der Waals surface area contributed by atoms with Gasteiger partial charge >= 0.3 is 0 Å². The normalized spacial score (nSPS) is 10.6. The molecule has 0 spiro atoms. The van der Waals surface area contributed by atoms with Gasteiger partial charge in [0, 0.05) is 33.3 Å². The molecule has 4 nitrogen and oxygen atoms in total. The smallest absolute Gasteiger partial charge is 0.133 e. The van der Waals surface area contributed by atoms with Gasteiger partial charge in [0.1, 0.15) is 5.75 Å². The minimum Gasteiger partial charge on any atom is -0.496 e. The monoisotopic (exact) mass is 316 g/mol. The van der Waals surface area contributed by atoms with Crippen LogP contribution in [-0.2, 0) is 11.3 Å². The van der Waals surface area contributed by atoms with Crippen molar-refractivity contribution in [3.05, 3.63) is 28.2 Å². The summed E-state index contributed by atoms with van der Waals surface area (Å²) in [6.07, 6.45) is 0. The molecule has 18 heavy (non-hydrogen) atoms. The number of rotatable bonds is 9. The van der Waals surface area contributed by atoms with E-state index in [1.165, 1.54) is 5.56 Å². The van der Waals surface area contributed by atoms with Crippen LogP contribution in [0.5, 0.6) is 5.75 Å². The summed E-state index contributed by atoms with van der Waals surface area (Å²) >= 11 is 3.48. The van der Waals surface area contributed by atoms with E-state index < -0.39 is 0 Å². The van der Waals surface area contributed by atoms with Crippen LogP contribution >= 0.6 is 15.9 Å². The van der Waals surface area contributed by atoms with Gasteiger partial charge in [-0.25, -0.2) is 0 Å². The Bertz CT molecular complexity index is 348. The molecule has 1 aromatic rings. The number of hydrogen-bond donors (Lipinski definition) is 2. The number of ether oxygens (including phenoxy) is 2. The van der Waals surface area contributed by atoms with Crippen LogP contribution in [0.4, 0.5) is 0 Å². The Morgan fingerprint density at radius 3 is 2.56 bits per heavy atom. The predicted molar refractivity (Wildman–Crippen MR) is 77.1 cm³/mol. The molecule has 0 aromatic heterocycles. The van der Waals surface area contributed by atoms with Crippen LogP contribution in [0.1, 0.15) is 5.56 Å². The first-order valence-corrected chi connectivity index (χ1v) is 6.80. The Hall–Kier alpha value is -0.620. The molecule has 102 valence electrons. The summed E-state index contributed by atoms with van der Waals surface area (Å²) in [5, 5.41) is 6.66. The first kappa shape index (κ1) is 15.4. The third-order valence-electron chi connectivity index (χ3n) is 2.51. The highest BCUT2D eigenvalue weighted by Crippen LogP contribution is 2.25. The van der Waals surface area contributed by atoms with Gasteiger partial charge < -0.3 is 20.1 Å². The Morgan fingerprint density at radius 2 is 1.89 bits per heavy atom. The van der Waals surface area contributed by atoms with Crippen molar-refractivity contribution in [3.8, 4) is 5.75 Å². The molecule has 1 aromatic carbocycles. The quantitative estimate of drug-likeness (QED) is 0.682. The highest BCUT2D eigenvalue weighted by atomic mass is 79.9. The first-order chi connectivity index (χ1) is 8.77. The van der Waals surface area contributed by atoms with Gasteiger partial charge in [0.05, 0.1) is 18.2 Å². The molecule has 0 heterocycles. The molecule has 0 atom stereocenters. The summed E-state index contributed by atoms with van der Waals surface area (Å²) in [5.41, 5.74) is 1.24. The van der Waals surface area contributed by atoms with Crippen LogP contribution in [0.2, 0.25) is 0 Å². The van der Waals surface area contributed by atoms with Gasteiger partial charge in [-0.1, -0.05) is 6.07 Å². The van der Waals surface area contributed by atoms with Gasteiger partial charge in [-0.15, -0.1) is 0 Å². The fraction of sp³-hybridized carbons (Fsp3) is 0.538. The van der Waals surface area contributed by atoms with E-state index in [0.29, 0.717) is 0 Å². The van der Waals surface area contributed by atoms with E-state index in [1.807, 2.05) is 6.07 Å². The summed E-state index contributed by atoms with van der Waals surface area (Å²) in [5.74, 6) is 0.861. The van der Waals surface area contributed by atoms with Crippen molar-refractivity contribution in [1.29, 1.82) is 0 Å². The van der Waals surface area contributed by atoms with Crippen LogP contribution in [0, 0.1) is 0 Å². The lowest BCUT2D eigenvalue weighted by Crippen LogP contribution is -2.29. The van der Waals surface area contributed by atoms with Crippen LogP contribution < -0.4 is 15.4 Å². The van der Waals surface area contributed by atoms with E-state index in [1.54, 1.807) is 14.2 Å². The van der Waals surface area contributed by atoms with Gasteiger partial charge in [-0.2, -0.15) is 0 Å². The second kappa shape index (κ2) is 9.33. The topological polar surface area (TPSA) is 42.5 Å². The van der Waals surface area contributed by atoms with Crippen molar-refractivity contribution in [3.63, 3.8) is 0 Å². The lowest BCUT2D eigenvalue weighted by Gasteiger charge is -2.08. The lowest BCUT2D eigenvalue weighted by molar-refractivity contribution is 0.199. The van der Waals surface area contributed by atoms with E-state index in [-0.39, 0.29) is 0 Å². The Labute approximate surface area is 117 Å². The minimum absolute atomic E-state index is 0.755. The molecular weight excluding hydrogens is 296 g/mol. The van der Waals surface area contributed by atoms with E-state index >= 15 is 0 Å². The zero-order chi connectivity index (χ0) is 13.2. The highest BCUT2D eigenvalue weighted by Gasteiger charge is 2.00. The van der Waals surface area contributed by atoms with Gasteiger partial charge in [-0.3, -0.25) is 0 Å². The zero-order valence-electron chi connectivity index (χ0n) is 11.0. The molecule has 0 amide bonds. The molecule has 2 N–H and O–H groups in total. The molecule has 0 aliphatic carbocycles. The summed E-state index contributed by atoms with van der Waals surface area (Å²) < 4.78 is 11.1. The Balaban J connectivity index is 2.17. The second-order valence-electron chi connectivity index (χ2n) is 3.89. The van der Waals surface area contributed by atoms with Crippen molar-refractivity contribution in [2.24, 2.45) is 0 Å². The van der Waals surface area contributed by atoms with Crippen LogP contribution in [0.3, 0.4) is 0 Å². The van der Waals surface area contributed by atoms with Gasteiger partial charge in [0.15, 0.2) is 0 Å². The van der Waals surface area contributed by atoms with Gasteiger partial charge in [0.25, 0.3) is 0 Å². The Morgan fingerprint density at radius 1 is 1.11 bits per heavy atom. The summed E-state index contributed by atoms with van der Waals surface area (Å²) in [7, 11) is 3.38. The number of methoxy groups -OCH3 is 2. The van der Waals surface area contributed by atoms with Crippen molar-refractivity contribution < 1.29 is 9.47 Å². The van der Waals surface area contributed by atoms with E-state index in [0.717, 1.165) is 43.0 Å². The minimum atomic E-state index is 0.755. The molecular formula is C13H21BrN2O2. The molecule has 0 aliphatic rings. The molecule has 0 bridgehead atoms. The van der Waals surface area contributed by atoms with Crippen molar-refractivity contribution in [2.45, 2.75) is 6.54 Å². The maximum absolute atomic E-state index is 5.19. The lowest BCUT2D eigenvalue weighted by atomic mass is 10.2. The average molecular weight is 317 g/mol. The molecule has 0 fully saturated rings. The first-order valence-electron chi connectivity index (χ1n) is 6.00. The average Bonchev–Trinajstić information content (AvgIpc) is 2.38.